The van der Waals surface area contributed by atoms with E-state index >= 15 is 0 Å². The van der Waals surface area contributed by atoms with Crippen molar-refractivity contribution in [3.63, 3.8) is 0 Å². The Bertz CT molecular complexity index is 861. The zero-order valence-electron chi connectivity index (χ0n) is 12.2. The molecule has 1 aliphatic rings. The number of nitro groups is 1. The Labute approximate surface area is 132 Å². The van der Waals surface area contributed by atoms with Gasteiger partial charge in [0.15, 0.2) is 0 Å². The molecule has 3 rings (SSSR count). The van der Waals surface area contributed by atoms with Gasteiger partial charge in [-0.1, -0.05) is 24.3 Å². The van der Waals surface area contributed by atoms with E-state index < -0.39 is 26.3 Å². The predicted molar refractivity (Wildman–Crippen MR) is 81.8 cm³/mol. The summed E-state index contributed by atoms with van der Waals surface area (Å²) in [5.41, 5.74) is 1.81. The molecule has 1 aromatic heterocycles. The first-order valence-corrected chi connectivity index (χ1v) is 8.49. The summed E-state index contributed by atoms with van der Waals surface area (Å²) < 4.78 is 34.6. The minimum atomic E-state index is -4.31. The molecule has 1 fully saturated rings. The van der Waals surface area contributed by atoms with Crippen LogP contribution in [0, 0.1) is 17.0 Å². The number of nitrogens with zero attached hydrogens (tertiary/aromatic N) is 3. The van der Waals surface area contributed by atoms with Crippen molar-refractivity contribution in [2.24, 2.45) is 0 Å². The molecule has 9 heteroatoms. The Morgan fingerprint density at radius 2 is 2.09 bits per heavy atom. The average Bonchev–Trinajstić information content (AvgIpc) is 2.87. The molecule has 1 heterocycles. The fraction of sp³-hybridized carbons (Fsp3) is 0.357. The highest BCUT2D eigenvalue weighted by Gasteiger charge is 2.51. The van der Waals surface area contributed by atoms with E-state index in [-0.39, 0.29) is 11.7 Å². The Kier molecular flexibility index (Phi) is 3.69. The fourth-order valence-electron chi connectivity index (χ4n) is 3.21. The molecule has 23 heavy (non-hydrogen) atoms. The first-order chi connectivity index (χ1) is 10.8. The van der Waals surface area contributed by atoms with Crippen molar-refractivity contribution in [1.29, 1.82) is 0 Å². The van der Waals surface area contributed by atoms with Crippen LogP contribution in [-0.4, -0.2) is 32.7 Å². The summed E-state index contributed by atoms with van der Waals surface area (Å²) >= 11 is 0. The third kappa shape index (κ3) is 2.73. The molecular formula is C14H15N3O5S. The van der Waals surface area contributed by atoms with Crippen LogP contribution in [0.1, 0.15) is 29.5 Å². The third-order valence-corrected chi connectivity index (χ3v) is 5.69. The lowest BCUT2D eigenvalue weighted by Gasteiger charge is -2.43. The van der Waals surface area contributed by atoms with Crippen LogP contribution >= 0.6 is 0 Å². The maximum Gasteiger partial charge on any atom is 0.381 e. The summed E-state index contributed by atoms with van der Waals surface area (Å²) in [5, 5.41) is 9.67. The second-order valence-electron chi connectivity index (χ2n) is 5.68. The zero-order chi connectivity index (χ0) is 16.8. The van der Waals surface area contributed by atoms with Crippen LogP contribution in [-0.2, 0) is 10.1 Å². The quantitative estimate of drug-likeness (QED) is 0.519. The second kappa shape index (κ2) is 5.43. The van der Waals surface area contributed by atoms with Gasteiger partial charge >= 0.3 is 5.82 Å². The van der Waals surface area contributed by atoms with Crippen molar-refractivity contribution < 1.29 is 17.9 Å². The summed E-state index contributed by atoms with van der Waals surface area (Å²) in [4.78, 5) is 13.7. The standard InChI is InChI=1S/C14H15N3O5S/c1-9-4-2-3-5-10(9)11-6-12(14(11)23(20,21)22)16-7-13(15-8-16)17(18)19/h2-5,7-8,11-12,14H,6H2,1H3,(H,20,21,22). The Morgan fingerprint density at radius 3 is 2.65 bits per heavy atom. The van der Waals surface area contributed by atoms with Crippen molar-refractivity contribution in [2.45, 2.75) is 30.6 Å². The van der Waals surface area contributed by atoms with Gasteiger partial charge in [-0.3, -0.25) is 4.55 Å². The van der Waals surface area contributed by atoms with E-state index in [1.807, 2.05) is 31.2 Å². The molecule has 0 saturated heterocycles. The highest BCUT2D eigenvalue weighted by Crippen LogP contribution is 2.49. The van der Waals surface area contributed by atoms with Gasteiger partial charge < -0.3 is 14.7 Å². The van der Waals surface area contributed by atoms with Gasteiger partial charge in [0, 0.05) is 5.92 Å². The lowest BCUT2D eigenvalue weighted by atomic mass is 9.74. The van der Waals surface area contributed by atoms with Crippen LogP contribution in [0.25, 0.3) is 0 Å². The Hall–Kier alpha value is -2.26. The molecule has 0 spiro atoms. The van der Waals surface area contributed by atoms with Crippen LogP contribution in [0.4, 0.5) is 5.82 Å². The third-order valence-electron chi connectivity index (χ3n) is 4.36. The number of hydrogen-bond acceptors (Lipinski definition) is 5. The zero-order valence-corrected chi connectivity index (χ0v) is 13.0. The van der Waals surface area contributed by atoms with E-state index in [0.717, 1.165) is 11.1 Å². The number of aromatic nitrogens is 2. The van der Waals surface area contributed by atoms with E-state index in [0.29, 0.717) is 6.42 Å². The number of rotatable bonds is 4. The van der Waals surface area contributed by atoms with Gasteiger partial charge in [0.2, 0.25) is 6.33 Å². The predicted octanol–water partition coefficient (Wildman–Crippen LogP) is 2.08. The molecule has 1 saturated carbocycles. The van der Waals surface area contributed by atoms with Gasteiger partial charge in [0.1, 0.15) is 11.4 Å². The molecule has 1 aromatic carbocycles. The molecule has 0 amide bonds. The highest BCUT2D eigenvalue weighted by atomic mass is 32.2. The van der Waals surface area contributed by atoms with Crippen LogP contribution in [0.2, 0.25) is 0 Å². The lowest BCUT2D eigenvalue weighted by Crippen LogP contribution is -2.46. The van der Waals surface area contributed by atoms with Gasteiger partial charge in [0.05, 0.1) is 6.04 Å². The molecule has 0 aliphatic heterocycles. The van der Waals surface area contributed by atoms with Crippen LogP contribution < -0.4 is 0 Å². The molecule has 1 aliphatic carbocycles. The molecule has 8 nitrogen and oxygen atoms in total. The van der Waals surface area contributed by atoms with Gasteiger partial charge in [0.25, 0.3) is 10.1 Å². The van der Waals surface area contributed by atoms with Gasteiger partial charge in [-0.15, -0.1) is 0 Å². The molecule has 1 N–H and O–H groups in total. The summed E-state index contributed by atoms with van der Waals surface area (Å²) in [7, 11) is -4.31. The van der Waals surface area contributed by atoms with Crippen molar-refractivity contribution >= 4 is 15.9 Å². The van der Waals surface area contributed by atoms with E-state index in [1.54, 1.807) is 0 Å². The number of imidazole rings is 1. The highest BCUT2D eigenvalue weighted by molar-refractivity contribution is 7.86. The Balaban J connectivity index is 1.95. The van der Waals surface area contributed by atoms with Crippen LogP contribution in [0.5, 0.6) is 0 Å². The smallest absolute Gasteiger partial charge is 0.358 e. The van der Waals surface area contributed by atoms with Crippen LogP contribution in [0.15, 0.2) is 36.8 Å². The lowest BCUT2D eigenvalue weighted by molar-refractivity contribution is -0.389. The summed E-state index contributed by atoms with van der Waals surface area (Å²) in [6, 6.07) is 6.82. The Morgan fingerprint density at radius 1 is 1.39 bits per heavy atom. The summed E-state index contributed by atoms with van der Waals surface area (Å²) in [6.07, 6.45) is 2.88. The van der Waals surface area contributed by atoms with Crippen molar-refractivity contribution in [3.05, 3.63) is 58.0 Å². The van der Waals surface area contributed by atoms with Gasteiger partial charge in [-0.25, -0.2) is 0 Å². The summed E-state index contributed by atoms with van der Waals surface area (Å²) in [5.74, 6) is -0.698. The second-order valence-corrected chi connectivity index (χ2v) is 7.26. The van der Waals surface area contributed by atoms with Gasteiger partial charge in [-0.2, -0.15) is 8.42 Å². The topological polar surface area (TPSA) is 115 Å². The van der Waals surface area contributed by atoms with E-state index in [2.05, 4.69) is 4.98 Å². The van der Waals surface area contributed by atoms with E-state index in [1.165, 1.54) is 17.1 Å². The molecule has 3 unspecified atom stereocenters. The van der Waals surface area contributed by atoms with E-state index in [9.17, 15) is 23.1 Å². The average molecular weight is 337 g/mol. The van der Waals surface area contributed by atoms with Crippen molar-refractivity contribution in [2.75, 3.05) is 0 Å². The van der Waals surface area contributed by atoms with Crippen molar-refractivity contribution in [3.8, 4) is 0 Å². The maximum absolute atomic E-state index is 11.8. The summed E-state index contributed by atoms with van der Waals surface area (Å²) in [6.45, 7) is 1.88. The minimum Gasteiger partial charge on any atom is -0.358 e. The molecule has 0 radical (unpaired) electrons. The van der Waals surface area contributed by atoms with E-state index in [4.69, 9.17) is 0 Å². The molecule has 2 aromatic rings. The number of hydrogen-bond donors (Lipinski definition) is 1. The molecular weight excluding hydrogens is 322 g/mol. The van der Waals surface area contributed by atoms with Gasteiger partial charge in [-0.05, 0) is 34.4 Å². The molecule has 122 valence electrons. The largest absolute Gasteiger partial charge is 0.381 e. The molecule has 3 atom stereocenters. The van der Waals surface area contributed by atoms with Crippen molar-refractivity contribution in [1.82, 2.24) is 9.55 Å². The normalized spacial score (nSPS) is 24.2. The van der Waals surface area contributed by atoms with Crippen LogP contribution in [0.3, 0.4) is 0 Å². The first kappa shape index (κ1) is 15.6. The monoisotopic (exact) mass is 337 g/mol. The number of benzene rings is 1. The molecule has 0 bridgehead atoms. The first-order valence-electron chi connectivity index (χ1n) is 6.98. The maximum atomic E-state index is 11.8. The number of aryl methyl sites for hydroxylation is 1. The minimum absolute atomic E-state index is 0.349. The fourth-order valence-corrected chi connectivity index (χ4v) is 4.53. The SMILES string of the molecule is Cc1ccccc1C1CC(n2cnc([N+](=O)[O-])c2)C1S(=O)(=O)O.